The summed E-state index contributed by atoms with van der Waals surface area (Å²) in [5.74, 6) is 0.949. The summed E-state index contributed by atoms with van der Waals surface area (Å²) in [4.78, 5) is 9.53. The van der Waals surface area contributed by atoms with Crippen molar-refractivity contribution in [1.29, 1.82) is 0 Å². The predicted octanol–water partition coefficient (Wildman–Crippen LogP) is 1.20. The van der Waals surface area contributed by atoms with Crippen molar-refractivity contribution in [1.82, 2.24) is 19.4 Å². The lowest BCUT2D eigenvalue weighted by Crippen LogP contribution is -2.54. The van der Waals surface area contributed by atoms with E-state index in [1.165, 1.54) is 25.8 Å². The van der Waals surface area contributed by atoms with Crippen molar-refractivity contribution in [3.8, 4) is 0 Å². The predicted molar refractivity (Wildman–Crippen MR) is 119 cm³/mol. The van der Waals surface area contributed by atoms with Gasteiger partial charge in [-0.3, -0.25) is 9.89 Å². The maximum Gasteiger partial charge on any atom is 0.216 e. The SMILES string of the molecule is CCNC(=NCCN1CCCCC1C)N1CCN(S(=O)(=O)CCOC(C)C)CC1. The molecule has 2 saturated heterocycles. The number of guanidine groups is 1. The Balaban J connectivity index is 1.83. The number of hydrogen-bond acceptors (Lipinski definition) is 5. The zero-order valence-corrected chi connectivity index (χ0v) is 19.6. The lowest BCUT2D eigenvalue weighted by molar-refractivity contribution is 0.0904. The highest BCUT2D eigenvalue weighted by molar-refractivity contribution is 7.89. The van der Waals surface area contributed by atoms with Crippen molar-refractivity contribution in [2.24, 2.45) is 4.99 Å². The van der Waals surface area contributed by atoms with Gasteiger partial charge in [-0.15, -0.1) is 0 Å². The number of likely N-dealkylation sites (tertiary alicyclic amines) is 1. The highest BCUT2D eigenvalue weighted by Crippen LogP contribution is 2.15. The van der Waals surface area contributed by atoms with E-state index in [4.69, 9.17) is 9.73 Å². The summed E-state index contributed by atoms with van der Waals surface area (Å²) < 4.78 is 32.0. The van der Waals surface area contributed by atoms with Gasteiger partial charge in [-0.05, 0) is 47.1 Å². The smallest absolute Gasteiger partial charge is 0.216 e. The third kappa shape index (κ3) is 8.03. The topological polar surface area (TPSA) is 77.5 Å². The number of sulfonamides is 1. The first-order valence-corrected chi connectivity index (χ1v) is 12.8. The van der Waals surface area contributed by atoms with E-state index in [2.05, 4.69) is 29.0 Å². The van der Waals surface area contributed by atoms with Crippen molar-refractivity contribution in [2.75, 3.05) is 64.7 Å². The van der Waals surface area contributed by atoms with Crippen LogP contribution >= 0.6 is 0 Å². The van der Waals surface area contributed by atoms with Gasteiger partial charge in [-0.2, -0.15) is 4.31 Å². The fraction of sp³-hybridized carbons (Fsp3) is 0.950. The van der Waals surface area contributed by atoms with Crippen LogP contribution in [0.15, 0.2) is 4.99 Å². The van der Waals surface area contributed by atoms with Gasteiger partial charge in [-0.1, -0.05) is 6.42 Å². The number of aliphatic imine (C=N–C) groups is 1. The summed E-state index contributed by atoms with van der Waals surface area (Å²) in [6, 6.07) is 0.648. The van der Waals surface area contributed by atoms with E-state index in [0.717, 1.165) is 25.6 Å². The molecule has 2 aliphatic rings. The molecule has 0 aliphatic carbocycles. The molecule has 0 spiro atoms. The Labute approximate surface area is 177 Å². The van der Waals surface area contributed by atoms with E-state index in [9.17, 15) is 8.42 Å². The van der Waals surface area contributed by atoms with Gasteiger partial charge in [0, 0.05) is 45.3 Å². The van der Waals surface area contributed by atoms with Crippen molar-refractivity contribution in [3.05, 3.63) is 0 Å². The molecule has 9 heteroatoms. The van der Waals surface area contributed by atoms with Gasteiger partial charge in [0.25, 0.3) is 0 Å². The number of piperidine rings is 1. The molecule has 1 unspecified atom stereocenters. The monoisotopic (exact) mass is 431 g/mol. The van der Waals surface area contributed by atoms with Crippen LogP contribution in [0.3, 0.4) is 0 Å². The molecule has 0 aromatic heterocycles. The zero-order valence-electron chi connectivity index (χ0n) is 18.8. The van der Waals surface area contributed by atoms with E-state index in [1.54, 1.807) is 4.31 Å². The van der Waals surface area contributed by atoms with Gasteiger partial charge >= 0.3 is 0 Å². The average molecular weight is 432 g/mol. The molecular formula is C20H41N5O3S. The normalized spacial score (nSPS) is 23.0. The summed E-state index contributed by atoms with van der Waals surface area (Å²) in [6.07, 6.45) is 3.95. The molecule has 2 rings (SSSR count). The van der Waals surface area contributed by atoms with Gasteiger partial charge in [0.05, 0.1) is 25.0 Å². The minimum atomic E-state index is -3.26. The van der Waals surface area contributed by atoms with E-state index < -0.39 is 10.0 Å². The standard InChI is InChI=1S/C20H41N5O3S/c1-5-21-20(22-9-11-23-10-7-6-8-19(23)4)24-12-14-25(15-13-24)29(26,27)17-16-28-18(2)3/h18-19H,5-17H2,1-4H3,(H,21,22). The van der Waals surface area contributed by atoms with Crippen molar-refractivity contribution in [2.45, 2.75) is 59.1 Å². The molecule has 0 saturated carbocycles. The molecule has 2 aliphatic heterocycles. The van der Waals surface area contributed by atoms with Crippen LogP contribution in [0.1, 0.15) is 47.0 Å². The second-order valence-electron chi connectivity index (χ2n) is 8.24. The fourth-order valence-corrected chi connectivity index (χ4v) is 5.18. The molecule has 1 N–H and O–H groups in total. The molecule has 2 heterocycles. The highest BCUT2D eigenvalue weighted by atomic mass is 32.2. The van der Waals surface area contributed by atoms with Gasteiger partial charge in [0.1, 0.15) is 0 Å². The molecule has 0 bridgehead atoms. The van der Waals surface area contributed by atoms with Crippen LogP contribution in [-0.4, -0.2) is 105 Å². The van der Waals surface area contributed by atoms with Crippen LogP contribution in [0.2, 0.25) is 0 Å². The fourth-order valence-electron chi connectivity index (χ4n) is 3.90. The van der Waals surface area contributed by atoms with Crippen LogP contribution in [0.25, 0.3) is 0 Å². The molecule has 8 nitrogen and oxygen atoms in total. The number of piperazine rings is 1. The van der Waals surface area contributed by atoms with Gasteiger partial charge < -0.3 is 15.0 Å². The molecule has 170 valence electrons. The Bertz CT molecular complexity index is 603. The lowest BCUT2D eigenvalue weighted by atomic mass is 10.0. The molecule has 0 aromatic rings. The number of nitrogens with zero attached hydrogens (tertiary/aromatic N) is 4. The molecule has 0 radical (unpaired) electrons. The summed E-state index contributed by atoms with van der Waals surface area (Å²) >= 11 is 0. The summed E-state index contributed by atoms with van der Waals surface area (Å²) in [5, 5.41) is 3.37. The second-order valence-corrected chi connectivity index (χ2v) is 10.3. The van der Waals surface area contributed by atoms with Crippen LogP contribution in [0, 0.1) is 0 Å². The van der Waals surface area contributed by atoms with Crippen molar-refractivity contribution < 1.29 is 13.2 Å². The second kappa shape index (κ2) is 12.1. The third-order valence-corrected chi connectivity index (χ3v) is 7.48. The minimum absolute atomic E-state index is 0.0490. The Morgan fingerprint density at radius 1 is 1.17 bits per heavy atom. The first kappa shape index (κ1) is 24.4. The molecule has 29 heavy (non-hydrogen) atoms. The van der Waals surface area contributed by atoms with Crippen LogP contribution in [0.4, 0.5) is 0 Å². The molecule has 1 atom stereocenters. The first-order chi connectivity index (χ1) is 13.8. The maximum atomic E-state index is 12.5. The number of hydrogen-bond donors (Lipinski definition) is 1. The van der Waals surface area contributed by atoms with E-state index in [-0.39, 0.29) is 18.5 Å². The Kier molecular flexibility index (Phi) is 10.1. The summed E-state index contributed by atoms with van der Waals surface area (Å²) in [5.41, 5.74) is 0. The van der Waals surface area contributed by atoms with Crippen molar-refractivity contribution >= 4 is 16.0 Å². The molecule has 0 aromatic carbocycles. The number of rotatable bonds is 9. The van der Waals surface area contributed by atoms with E-state index >= 15 is 0 Å². The molecule has 0 amide bonds. The Morgan fingerprint density at radius 3 is 2.52 bits per heavy atom. The third-order valence-electron chi connectivity index (χ3n) is 5.65. The zero-order chi connectivity index (χ0) is 21.3. The van der Waals surface area contributed by atoms with Crippen LogP contribution < -0.4 is 5.32 Å². The lowest BCUT2D eigenvalue weighted by Gasteiger charge is -2.36. The summed E-state index contributed by atoms with van der Waals surface area (Å²) in [7, 11) is -3.26. The van der Waals surface area contributed by atoms with Crippen molar-refractivity contribution in [3.63, 3.8) is 0 Å². The minimum Gasteiger partial charge on any atom is -0.378 e. The number of nitrogens with one attached hydrogen (secondary N) is 1. The average Bonchev–Trinajstić information content (AvgIpc) is 2.68. The highest BCUT2D eigenvalue weighted by Gasteiger charge is 2.28. The summed E-state index contributed by atoms with van der Waals surface area (Å²) in [6.45, 7) is 14.5. The first-order valence-electron chi connectivity index (χ1n) is 11.2. The van der Waals surface area contributed by atoms with E-state index in [1.807, 2.05) is 13.8 Å². The number of ether oxygens (including phenoxy) is 1. The maximum absolute atomic E-state index is 12.5. The molecular weight excluding hydrogens is 390 g/mol. The van der Waals surface area contributed by atoms with Gasteiger partial charge in [0.2, 0.25) is 10.0 Å². The van der Waals surface area contributed by atoms with Crippen LogP contribution in [-0.2, 0) is 14.8 Å². The van der Waals surface area contributed by atoms with Gasteiger partial charge in [-0.25, -0.2) is 8.42 Å². The van der Waals surface area contributed by atoms with Gasteiger partial charge in [0.15, 0.2) is 5.96 Å². The Hall–Kier alpha value is -0.900. The van der Waals surface area contributed by atoms with E-state index in [0.29, 0.717) is 32.2 Å². The molecule has 2 fully saturated rings. The Morgan fingerprint density at radius 2 is 1.90 bits per heavy atom. The quantitative estimate of drug-likeness (QED) is 0.437. The van der Waals surface area contributed by atoms with Crippen LogP contribution in [0.5, 0.6) is 0 Å². The largest absolute Gasteiger partial charge is 0.378 e.